The van der Waals surface area contributed by atoms with Crippen LogP contribution in [0.5, 0.6) is 11.5 Å². The molecule has 0 saturated carbocycles. The molecule has 11 nitrogen and oxygen atoms in total. The molecule has 236 valence electrons. The van der Waals surface area contributed by atoms with Crippen molar-refractivity contribution in [2.24, 2.45) is 0 Å². The third-order valence-electron chi connectivity index (χ3n) is 8.24. The Morgan fingerprint density at radius 3 is 2.29 bits per heavy atom. The lowest BCUT2D eigenvalue weighted by molar-refractivity contribution is -0.385. The van der Waals surface area contributed by atoms with Gasteiger partial charge in [-0.15, -0.1) is 0 Å². The van der Waals surface area contributed by atoms with Crippen molar-refractivity contribution in [1.29, 1.82) is 0 Å². The van der Waals surface area contributed by atoms with Gasteiger partial charge in [0.1, 0.15) is 0 Å². The maximum Gasteiger partial charge on any atom is 0.338 e. The highest BCUT2D eigenvalue weighted by Crippen LogP contribution is 2.42. The number of allylic oxidation sites excluding steroid dienone is 1. The SMILES string of the molecule is CCOC(=O)C1=C(C)N(C[C@@H]2CC[C@@H](Cc3ccc(-c4ccccc4)cc3)O2)C(=O)NC1c1cc(OC)c(OC)cc1[N+](=O)[O-]. The van der Waals surface area contributed by atoms with Crippen molar-refractivity contribution in [1.82, 2.24) is 10.2 Å². The zero-order valence-corrected chi connectivity index (χ0v) is 25.8. The lowest BCUT2D eigenvalue weighted by Crippen LogP contribution is -2.50. The van der Waals surface area contributed by atoms with Gasteiger partial charge >= 0.3 is 12.0 Å². The number of amides is 2. The Hall–Kier alpha value is -4.90. The zero-order chi connectivity index (χ0) is 32.1. The first kappa shape index (κ1) is 31.5. The van der Waals surface area contributed by atoms with Gasteiger partial charge in [0.15, 0.2) is 11.5 Å². The number of methoxy groups -OCH3 is 2. The number of nitrogens with zero attached hydrogens (tertiary/aromatic N) is 2. The fourth-order valence-electron chi connectivity index (χ4n) is 5.98. The molecule has 1 fully saturated rings. The second kappa shape index (κ2) is 13.8. The Kier molecular flexibility index (Phi) is 9.68. The van der Waals surface area contributed by atoms with E-state index in [9.17, 15) is 19.7 Å². The first-order valence-electron chi connectivity index (χ1n) is 14.9. The summed E-state index contributed by atoms with van der Waals surface area (Å²) in [5, 5.41) is 14.9. The third-order valence-corrected chi connectivity index (χ3v) is 8.24. The second-order valence-electron chi connectivity index (χ2n) is 11.0. The highest BCUT2D eigenvalue weighted by Gasteiger charge is 2.41. The minimum atomic E-state index is -1.15. The summed E-state index contributed by atoms with van der Waals surface area (Å²) in [5.74, 6) is -0.316. The van der Waals surface area contributed by atoms with Gasteiger partial charge in [-0.05, 0) is 55.9 Å². The molecular weight excluding hydrogens is 578 g/mol. The fourth-order valence-corrected chi connectivity index (χ4v) is 5.98. The summed E-state index contributed by atoms with van der Waals surface area (Å²) in [7, 11) is 2.77. The molecule has 2 heterocycles. The lowest BCUT2D eigenvalue weighted by Gasteiger charge is -2.36. The summed E-state index contributed by atoms with van der Waals surface area (Å²) < 4.78 is 22.3. The average molecular weight is 616 g/mol. The van der Waals surface area contributed by atoms with Crippen LogP contribution in [-0.2, 0) is 20.7 Å². The third kappa shape index (κ3) is 6.78. The number of urea groups is 1. The molecule has 3 aromatic rings. The highest BCUT2D eigenvalue weighted by atomic mass is 16.6. The van der Waals surface area contributed by atoms with E-state index in [1.165, 1.54) is 31.3 Å². The Morgan fingerprint density at radius 1 is 1.00 bits per heavy atom. The molecule has 1 unspecified atom stereocenters. The van der Waals surface area contributed by atoms with Gasteiger partial charge in [0.25, 0.3) is 5.69 Å². The van der Waals surface area contributed by atoms with Gasteiger partial charge in [-0.25, -0.2) is 9.59 Å². The first-order valence-corrected chi connectivity index (χ1v) is 14.9. The predicted molar refractivity (Wildman–Crippen MR) is 167 cm³/mol. The number of esters is 1. The molecule has 3 atom stereocenters. The Bertz CT molecular complexity index is 1590. The highest BCUT2D eigenvalue weighted by molar-refractivity contribution is 5.95. The number of nitro groups is 1. The minimum absolute atomic E-state index is 0.0126. The summed E-state index contributed by atoms with van der Waals surface area (Å²) in [6.07, 6.45) is 2.04. The normalized spacial score (nSPS) is 19.7. The number of nitro benzene ring substituents is 1. The van der Waals surface area contributed by atoms with Crippen molar-refractivity contribution >= 4 is 17.7 Å². The molecule has 11 heteroatoms. The Morgan fingerprint density at radius 2 is 1.64 bits per heavy atom. The molecule has 1 saturated heterocycles. The number of hydrogen-bond donors (Lipinski definition) is 1. The molecule has 0 bridgehead atoms. The van der Waals surface area contributed by atoms with E-state index in [1.807, 2.05) is 18.2 Å². The molecule has 0 aliphatic carbocycles. The van der Waals surface area contributed by atoms with E-state index in [2.05, 4.69) is 41.7 Å². The van der Waals surface area contributed by atoms with Crippen LogP contribution in [0.4, 0.5) is 10.5 Å². The van der Waals surface area contributed by atoms with Gasteiger partial charge in [0.05, 0.1) is 67.7 Å². The van der Waals surface area contributed by atoms with Gasteiger partial charge in [-0.2, -0.15) is 0 Å². The maximum absolute atomic E-state index is 13.5. The molecule has 0 spiro atoms. The van der Waals surface area contributed by atoms with E-state index in [1.54, 1.807) is 13.8 Å². The van der Waals surface area contributed by atoms with Crippen molar-refractivity contribution < 1.29 is 33.5 Å². The zero-order valence-electron chi connectivity index (χ0n) is 25.8. The van der Waals surface area contributed by atoms with E-state index >= 15 is 0 Å². The second-order valence-corrected chi connectivity index (χ2v) is 11.0. The van der Waals surface area contributed by atoms with Crippen molar-refractivity contribution in [2.45, 2.75) is 51.4 Å². The van der Waals surface area contributed by atoms with Crippen LogP contribution in [0.3, 0.4) is 0 Å². The molecule has 1 N–H and O–H groups in total. The molecule has 3 aromatic carbocycles. The number of nitrogens with one attached hydrogen (secondary N) is 1. The molecular formula is C34H37N3O8. The van der Waals surface area contributed by atoms with Gasteiger partial charge in [-0.1, -0.05) is 54.6 Å². The quantitative estimate of drug-likeness (QED) is 0.159. The molecule has 45 heavy (non-hydrogen) atoms. The Balaban J connectivity index is 1.35. The van der Waals surface area contributed by atoms with Gasteiger partial charge in [0, 0.05) is 5.70 Å². The number of hydrogen-bond acceptors (Lipinski definition) is 8. The molecule has 2 aliphatic rings. The average Bonchev–Trinajstić information content (AvgIpc) is 3.49. The number of rotatable bonds is 11. The number of carbonyl (C=O) groups is 2. The van der Waals surface area contributed by atoms with Crippen LogP contribution in [0, 0.1) is 10.1 Å². The maximum atomic E-state index is 13.5. The predicted octanol–water partition coefficient (Wildman–Crippen LogP) is 5.97. The number of ether oxygens (including phenoxy) is 4. The van der Waals surface area contributed by atoms with Crippen molar-refractivity contribution in [3.63, 3.8) is 0 Å². The van der Waals surface area contributed by atoms with E-state index < -0.39 is 23.0 Å². The number of benzene rings is 3. The van der Waals surface area contributed by atoms with Crippen LogP contribution >= 0.6 is 0 Å². The molecule has 5 rings (SSSR count). The van der Waals surface area contributed by atoms with Crippen LogP contribution < -0.4 is 14.8 Å². The smallest absolute Gasteiger partial charge is 0.338 e. The fraction of sp³-hybridized carbons (Fsp3) is 0.353. The summed E-state index contributed by atoms with van der Waals surface area (Å²) in [6.45, 7) is 3.61. The van der Waals surface area contributed by atoms with Crippen molar-refractivity contribution in [2.75, 3.05) is 27.4 Å². The largest absolute Gasteiger partial charge is 0.493 e. The first-order chi connectivity index (χ1) is 21.7. The summed E-state index contributed by atoms with van der Waals surface area (Å²) >= 11 is 0. The van der Waals surface area contributed by atoms with Crippen LogP contribution in [0.1, 0.15) is 43.9 Å². The topological polar surface area (TPSA) is 129 Å². The standard InChI is InChI=1S/C34H37N3O8/c1-5-44-33(38)31-21(2)36(34(39)35-32(31)27-18-29(42-3)30(43-4)19-28(27)37(40)41)20-26-16-15-25(45-26)17-22-11-13-24(14-12-22)23-9-7-6-8-10-23/h6-14,18-19,25-26,32H,5,15-17,20H2,1-4H3,(H,35,39)/t25-,26-,32?/m0/s1. The van der Waals surface area contributed by atoms with Crippen LogP contribution in [0.25, 0.3) is 11.1 Å². The van der Waals surface area contributed by atoms with E-state index in [-0.39, 0.29) is 53.7 Å². The molecule has 0 aromatic heterocycles. The molecule has 2 aliphatic heterocycles. The van der Waals surface area contributed by atoms with Crippen molar-refractivity contribution in [3.05, 3.63) is 99.2 Å². The van der Waals surface area contributed by atoms with E-state index in [4.69, 9.17) is 18.9 Å². The minimum Gasteiger partial charge on any atom is -0.493 e. The van der Waals surface area contributed by atoms with Crippen LogP contribution in [0.15, 0.2) is 78.0 Å². The summed E-state index contributed by atoms with van der Waals surface area (Å²) in [5.41, 5.74) is 3.65. The monoisotopic (exact) mass is 615 g/mol. The Labute approximate surface area is 261 Å². The van der Waals surface area contributed by atoms with E-state index in [0.29, 0.717) is 5.70 Å². The van der Waals surface area contributed by atoms with Gasteiger partial charge in [0.2, 0.25) is 0 Å². The summed E-state index contributed by atoms with van der Waals surface area (Å²) in [4.78, 5) is 39.8. The van der Waals surface area contributed by atoms with E-state index in [0.717, 1.165) is 36.0 Å². The van der Waals surface area contributed by atoms with Crippen LogP contribution in [0.2, 0.25) is 0 Å². The van der Waals surface area contributed by atoms with Crippen LogP contribution in [-0.4, -0.2) is 61.4 Å². The molecule has 2 amide bonds. The number of carbonyl (C=O) groups excluding carboxylic acids is 2. The van der Waals surface area contributed by atoms with Gasteiger partial charge in [-0.3, -0.25) is 15.0 Å². The van der Waals surface area contributed by atoms with Gasteiger partial charge < -0.3 is 24.3 Å². The lowest BCUT2D eigenvalue weighted by atomic mass is 9.93. The molecule has 0 radical (unpaired) electrons. The summed E-state index contributed by atoms with van der Waals surface area (Å²) in [6, 6.07) is 19.6. The van der Waals surface area contributed by atoms with Crippen molar-refractivity contribution in [3.8, 4) is 22.6 Å².